The molecule has 27 heavy (non-hydrogen) atoms. The fraction of sp³-hybridized carbons (Fsp3) is 0.0870. The highest BCUT2D eigenvalue weighted by molar-refractivity contribution is 9.10. The average Bonchev–Trinajstić information content (AvgIpc) is 2.72. The van der Waals surface area contributed by atoms with Gasteiger partial charge in [-0.15, -0.1) is 0 Å². The van der Waals surface area contributed by atoms with Crippen molar-refractivity contribution in [3.05, 3.63) is 88.4 Å². The van der Waals surface area contributed by atoms with Gasteiger partial charge >= 0.3 is 0 Å². The van der Waals surface area contributed by atoms with Crippen LogP contribution in [0.25, 0.3) is 34.2 Å². The van der Waals surface area contributed by atoms with E-state index in [2.05, 4.69) is 41.9 Å². The Bertz CT molecular complexity index is 1040. The van der Waals surface area contributed by atoms with Crippen molar-refractivity contribution in [3.63, 3.8) is 0 Å². The zero-order valence-corrected chi connectivity index (χ0v) is 16.7. The minimum Gasteiger partial charge on any atom is -0.208 e. The van der Waals surface area contributed by atoms with Crippen molar-refractivity contribution >= 4 is 15.9 Å². The maximum atomic E-state index is 4.79. The Labute approximate surface area is 167 Å². The largest absolute Gasteiger partial charge is 0.208 e. The van der Waals surface area contributed by atoms with Crippen LogP contribution in [0.4, 0.5) is 0 Å². The molecule has 0 saturated carbocycles. The number of aryl methyl sites for hydroxylation is 2. The molecule has 4 aromatic rings. The first-order valence-corrected chi connectivity index (χ1v) is 9.55. The molecule has 132 valence electrons. The lowest BCUT2D eigenvalue weighted by Crippen LogP contribution is -2.01. The second kappa shape index (κ2) is 7.41. The molecule has 0 spiro atoms. The molecule has 0 aliphatic carbocycles. The molecule has 0 saturated heterocycles. The van der Waals surface area contributed by atoms with Gasteiger partial charge in [0.05, 0.1) is 0 Å². The predicted octanol–water partition coefficient (Wildman–Crippen LogP) is 6.25. The van der Waals surface area contributed by atoms with Crippen LogP contribution < -0.4 is 0 Å². The van der Waals surface area contributed by atoms with Crippen LogP contribution in [-0.2, 0) is 0 Å². The van der Waals surface area contributed by atoms with E-state index >= 15 is 0 Å². The maximum absolute atomic E-state index is 4.79. The van der Waals surface area contributed by atoms with Gasteiger partial charge in [0.25, 0.3) is 0 Å². The average molecular weight is 416 g/mol. The summed E-state index contributed by atoms with van der Waals surface area (Å²) in [5, 5.41) is 0. The second-order valence-electron chi connectivity index (χ2n) is 6.45. The summed E-state index contributed by atoms with van der Waals surface area (Å²) in [6.07, 6.45) is 0. The predicted molar refractivity (Wildman–Crippen MR) is 113 cm³/mol. The van der Waals surface area contributed by atoms with Crippen LogP contribution in [0.1, 0.15) is 11.1 Å². The van der Waals surface area contributed by atoms with Crippen LogP contribution in [0.3, 0.4) is 0 Å². The Balaban J connectivity index is 1.95. The van der Waals surface area contributed by atoms with Gasteiger partial charge in [-0.05, 0) is 37.1 Å². The zero-order valence-electron chi connectivity index (χ0n) is 15.1. The van der Waals surface area contributed by atoms with Crippen molar-refractivity contribution in [1.82, 2.24) is 15.0 Å². The number of nitrogens with zero attached hydrogens (tertiary/aromatic N) is 3. The van der Waals surface area contributed by atoms with E-state index in [9.17, 15) is 0 Å². The van der Waals surface area contributed by atoms with Crippen LogP contribution in [0.5, 0.6) is 0 Å². The summed E-state index contributed by atoms with van der Waals surface area (Å²) in [6, 6.07) is 24.3. The van der Waals surface area contributed by atoms with Crippen LogP contribution in [0.2, 0.25) is 0 Å². The van der Waals surface area contributed by atoms with E-state index < -0.39 is 0 Å². The third kappa shape index (κ3) is 3.67. The number of aromatic nitrogens is 3. The van der Waals surface area contributed by atoms with Gasteiger partial charge in [0.2, 0.25) is 0 Å². The number of hydrogen-bond donors (Lipinski definition) is 0. The molecule has 0 unspecified atom stereocenters. The Hall–Kier alpha value is -2.85. The molecule has 1 heterocycles. The third-order valence-corrected chi connectivity index (χ3v) is 5.30. The van der Waals surface area contributed by atoms with Gasteiger partial charge in [0, 0.05) is 21.2 Å². The van der Waals surface area contributed by atoms with Gasteiger partial charge in [-0.2, -0.15) is 0 Å². The summed E-state index contributed by atoms with van der Waals surface area (Å²) in [5.74, 6) is 2.05. The Morgan fingerprint density at radius 3 is 1.59 bits per heavy atom. The van der Waals surface area contributed by atoms with Crippen LogP contribution in [0, 0.1) is 13.8 Å². The highest BCUT2D eigenvalue weighted by atomic mass is 79.9. The molecule has 0 radical (unpaired) electrons. The standard InChI is InChI=1S/C23H18BrN3/c1-15-14-20(24)16(2)13-19(15)23-26-21(17-9-5-3-6-10-17)25-22(27-23)18-11-7-4-8-12-18/h3-14H,1-2H3. The molecular weight excluding hydrogens is 398 g/mol. The van der Waals surface area contributed by atoms with E-state index in [4.69, 9.17) is 15.0 Å². The molecule has 4 heteroatoms. The van der Waals surface area contributed by atoms with E-state index in [1.54, 1.807) is 0 Å². The first-order valence-electron chi connectivity index (χ1n) is 8.76. The summed E-state index contributed by atoms with van der Waals surface area (Å²) in [4.78, 5) is 14.3. The van der Waals surface area contributed by atoms with Gasteiger partial charge in [-0.1, -0.05) is 76.6 Å². The lowest BCUT2D eigenvalue weighted by molar-refractivity contribution is 1.07. The highest BCUT2D eigenvalue weighted by Gasteiger charge is 2.14. The Kier molecular flexibility index (Phi) is 4.82. The van der Waals surface area contributed by atoms with E-state index in [1.165, 1.54) is 0 Å². The molecule has 0 fully saturated rings. The molecular formula is C23H18BrN3. The van der Waals surface area contributed by atoms with Crippen molar-refractivity contribution in [2.75, 3.05) is 0 Å². The maximum Gasteiger partial charge on any atom is 0.164 e. The topological polar surface area (TPSA) is 38.7 Å². The van der Waals surface area contributed by atoms with Crippen molar-refractivity contribution in [2.45, 2.75) is 13.8 Å². The fourth-order valence-electron chi connectivity index (χ4n) is 2.95. The highest BCUT2D eigenvalue weighted by Crippen LogP contribution is 2.29. The first-order chi connectivity index (χ1) is 13.1. The molecule has 1 aromatic heterocycles. The van der Waals surface area contributed by atoms with Gasteiger partial charge < -0.3 is 0 Å². The summed E-state index contributed by atoms with van der Waals surface area (Å²) < 4.78 is 1.09. The molecule has 0 aliphatic heterocycles. The molecule has 0 bridgehead atoms. The van der Waals surface area contributed by atoms with E-state index in [0.29, 0.717) is 17.5 Å². The number of halogens is 1. The van der Waals surface area contributed by atoms with Crippen molar-refractivity contribution < 1.29 is 0 Å². The lowest BCUT2D eigenvalue weighted by Gasteiger charge is -2.11. The Morgan fingerprint density at radius 2 is 1.07 bits per heavy atom. The zero-order chi connectivity index (χ0) is 18.8. The van der Waals surface area contributed by atoms with E-state index in [1.807, 2.05) is 60.7 Å². The molecule has 0 atom stereocenters. The molecule has 0 aliphatic rings. The van der Waals surface area contributed by atoms with Gasteiger partial charge in [0.1, 0.15) is 0 Å². The summed E-state index contributed by atoms with van der Waals surface area (Å²) in [7, 11) is 0. The number of benzene rings is 3. The van der Waals surface area contributed by atoms with Crippen molar-refractivity contribution in [2.24, 2.45) is 0 Å². The number of hydrogen-bond acceptors (Lipinski definition) is 3. The van der Waals surface area contributed by atoms with Crippen molar-refractivity contribution in [3.8, 4) is 34.2 Å². The van der Waals surface area contributed by atoms with Gasteiger partial charge in [-0.25, -0.2) is 15.0 Å². The SMILES string of the molecule is Cc1cc(-c2nc(-c3ccccc3)nc(-c3ccccc3)n2)c(C)cc1Br. The summed E-state index contributed by atoms with van der Waals surface area (Å²) in [6.45, 7) is 4.15. The van der Waals surface area contributed by atoms with Gasteiger partial charge in [-0.3, -0.25) is 0 Å². The van der Waals surface area contributed by atoms with Crippen LogP contribution in [-0.4, -0.2) is 15.0 Å². The molecule has 0 N–H and O–H groups in total. The molecule has 3 nitrogen and oxygen atoms in total. The number of rotatable bonds is 3. The fourth-order valence-corrected chi connectivity index (χ4v) is 3.41. The van der Waals surface area contributed by atoms with E-state index in [0.717, 1.165) is 32.3 Å². The minimum atomic E-state index is 0.680. The van der Waals surface area contributed by atoms with Crippen molar-refractivity contribution in [1.29, 1.82) is 0 Å². The summed E-state index contributed by atoms with van der Waals surface area (Å²) >= 11 is 3.60. The van der Waals surface area contributed by atoms with Crippen LogP contribution in [0.15, 0.2) is 77.3 Å². The second-order valence-corrected chi connectivity index (χ2v) is 7.31. The summed E-state index contributed by atoms with van der Waals surface area (Å²) in [5.41, 5.74) is 5.25. The Morgan fingerprint density at radius 1 is 0.593 bits per heavy atom. The van der Waals surface area contributed by atoms with Gasteiger partial charge in [0.15, 0.2) is 17.5 Å². The smallest absolute Gasteiger partial charge is 0.164 e. The van der Waals surface area contributed by atoms with E-state index in [-0.39, 0.29) is 0 Å². The molecule has 0 amide bonds. The normalized spacial score (nSPS) is 10.8. The third-order valence-electron chi connectivity index (χ3n) is 4.45. The molecule has 4 rings (SSSR count). The quantitative estimate of drug-likeness (QED) is 0.396. The monoisotopic (exact) mass is 415 g/mol. The molecule has 3 aromatic carbocycles. The first kappa shape index (κ1) is 17.6. The lowest BCUT2D eigenvalue weighted by atomic mass is 10.0. The van der Waals surface area contributed by atoms with Crippen LogP contribution >= 0.6 is 15.9 Å². The minimum absolute atomic E-state index is 0.680.